The molecule has 0 aromatic carbocycles. The molecule has 4 nitrogen and oxygen atoms in total. The molecule has 2 aliphatic heterocycles. The summed E-state index contributed by atoms with van der Waals surface area (Å²) in [6.07, 6.45) is 4.66. The molecule has 94 valence electrons. The van der Waals surface area contributed by atoms with Crippen molar-refractivity contribution in [1.82, 2.24) is 15.1 Å². The second-order valence-electron chi connectivity index (χ2n) is 4.59. The van der Waals surface area contributed by atoms with Crippen molar-refractivity contribution in [3.05, 3.63) is 0 Å². The van der Waals surface area contributed by atoms with Gasteiger partial charge in [0.15, 0.2) is 0 Å². The van der Waals surface area contributed by atoms with Crippen LogP contribution in [0.1, 0.15) is 25.7 Å². The van der Waals surface area contributed by atoms with Crippen molar-refractivity contribution < 1.29 is 4.79 Å². The zero-order valence-electron chi connectivity index (χ0n) is 9.95. The average molecular weight is 248 g/mol. The Morgan fingerprint density at radius 3 is 2.56 bits per heavy atom. The SMILES string of the molecule is CN(C(=O)N1CCCC1)C1CCCNC1.Cl. The van der Waals surface area contributed by atoms with Crippen molar-refractivity contribution in [3.8, 4) is 0 Å². The van der Waals surface area contributed by atoms with E-state index in [2.05, 4.69) is 5.32 Å². The topological polar surface area (TPSA) is 35.6 Å². The van der Waals surface area contributed by atoms with Crippen molar-refractivity contribution >= 4 is 18.4 Å². The number of nitrogens with one attached hydrogen (secondary N) is 1. The van der Waals surface area contributed by atoms with Crippen molar-refractivity contribution in [2.24, 2.45) is 0 Å². The third kappa shape index (κ3) is 3.01. The molecule has 0 aromatic rings. The number of carbonyl (C=O) groups excluding carboxylic acids is 1. The number of rotatable bonds is 1. The van der Waals surface area contributed by atoms with Gasteiger partial charge in [0.1, 0.15) is 0 Å². The molecular weight excluding hydrogens is 226 g/mol. The van der Waals surface area contributed by atoms with Gasteiger partial charge in [-0.15, -0.1) is 12.4 Å². The van der Waals surface area contributed by atoms with Gasteiger partial charge in [0.25, 0.3) is 0 Å². The summed E-state index contributed by atoms with van der Waals surface area (Å²) < 4.78 is 0. The fourth-order valence-corrected chi connectivity index (χ4v) is 2.45. The van der Waals surface area contributed by atoms with Crippen LogP contribution in [0.25, 0.3) is 0 Å². The van der Waals surface area contributed by atoms with Gasteiger partial charge in [-0.3, -0.25) is 0 Å². The molecule has 2 heterocycles. The monoisotopic (exact) mass is 247 g/mol. The number of carbonyl (C=O) groups is 1. The molecule has 5 heteroatoms. The van der Waals surface area contributed by atoms with E-state index in [1.807, 2.05) is 16.8 Å². The summed E-state index contributed by atoms with van der Waals surface area (Å²) in [4.78, 5) is 16.0. The Hall–Kier alpha value is -0.480. The number of amides is 2. The average Bonchev–Trinajstić information content (AvgIpc) is 2.82. The van der Waals surface area contributed by atoms with E-state index in [1.54, 1.807) is 0 Å². The highest BCUT2D eigenvalue weighted by Gasteiger charge is 2.26. The standard InChI is InChI=1S/C11H21N3O.ClH/c1-13(10-5-4-6-12-9-10)11(15)14-7-2-3-8-14;/h10,12H,2-9H2,1H3;1H. The highest BCUT2D eigenvalue weighted by molar-refractivity contribution is 5.85. The predicted octanol–water partition coefficient (Wildman–Crippen LogP) is 1.31. The molecule has 2 fully saturated rings. The molecule has 0 bridgehead atoms. The van der Waals surface area contributed by atoms with Gasteiger partial charge in [-0.05, 0) is 32.2 Å². The quantitative estimate of drug-likeness (QED) is 0.759. The molecule has 2 rings (SSSR count). The number of hydrogen-bond acceptors (Lipinski definition) is 2. The zero-order chi connectivity index (χ0) is 10.7. The smallest absolute Gasteiger partial charge is 0.320 e. The molecule has 1 N–H and O–H groups in total. The molecule has 0 radical (unpaired) electrons. The summed E-state index contributed by atoms with van der Waals surface area (Å²) in [7, 11) is 1.94. The van der Waals surface area contributed by atoms with E-state index in [0.717, 1.165) is 32.6 Å². The summed E-state index contributed by atoms with van der Waals surface area (Å²) >= 11 is 0. The first-order chi connectivity index (χ1) is 7.29. The molecule has 2 amide bonds. The predicted molar refractivity (Wildman–Crippen MR) is 67.1 cm³/mol. The first kappa shape index (κ1) is 13.6. The number of urea groups is 1. The lowest BCUT2D eigenvalue weighted by molar-refractivity contribution is 0.146. The van der Waals surface area contributed by atoms with Gasteiger partial charge < -0.3 is 15.1 Å². The molecule has 16 heavy (non-hydrogen) atoms. The first-order valence-corrected chi connectivity index (χ1v) is 6.01. The van der Waals surface area contributed by atoms with Gasteiger partial charge in [0.2, 0.25) is 0 Å². The number of hydrogen-bond donors (Lipinski definition) is 1. The maximum absolute atomic E-state index is 12.1. The van der Waals surface area contributed by atoms with Crippen LogP contribution >= 0.6 is 12.4 Å². The van der Waals surface area contributed by atoms with Gasteiger partial charge in [-0.25, -0.2) is 4.79 Å². The van der Waals surface area contributed by atoms with Gasteiger partial charge in [0.05, 0.1) is 0 Å². The Morgan fingerprint density at radius 1 is 1.31 bits per heavy atom. The lowest BCUT2D eigenvalue weighted by atomic mass is 10.1. The molecular formula is C11H22ClN3O. The normalized spacial score (nSPS) is 25.1. The van der Waals surface area contributed by atoms with Crippen molar-refractivity contribution in [2.45, 2.75) is 31.7 Å². The van der Waals surface area contributed by atoms with Crippen LogP contribution in [-0.2, 0) is 0 Å². The molecule has 1 atom stereocenters. The third-order valence-electron chi connectivity index (χ3n) is 3.50. The second-order valence-corrected chi connectivity index (χ2v) is 4.59. The lowest BCUT2D eigenvalue weighted by Crippen LogP contribution is -2.50. The van der Waals surface area contributed by atoms with Gasteiger partial charge >= 0.3 is 6.03 Å². The highest BCUT2D eigenvalue weighted by Crippen LogP contribution is 2.14. The summed E-state index contributed by atoms with van der Waals surface area (Å²) in [5, 5.41) is 3.35. The molecule has 1 unspecified atom stereocenters. The van der Waals surface area contributed by atoms with Crippen molar-refractivity contribution in [2.75, 3.05) is 33.2 Å². The van der Waals surface area contributed by atoms with Crippen LogP contribution < -0.4 is 5.32 Å². The van der Waals surface area contributed by atoms with Gasteiger partial charge in [-0.2, -0.15) is 0 Å². The maximum Gasteiger partial charge on any atom is 0.320 e. The summed E-state index contributed by atoms with van der Waals surface area (Å²) in [5.41, 5.74) is 0. The number of nitrogens with zero attached hydrogens (tertiary/aromatic N) is 2. The summed E-state index contributed by atoms with van der Waals surface area (Å²) in [6.45, 7) is 3.95. The molecule has 0 saturated carbocycles. The van der Waals surface area contributed by atoms with E-state index in [1.165, 1.54) is 19.3 Å². The van der Waals surface area contributed by atoms with Gasteiger partial charge in [-0.1, -0.05) is 0 Å². The minimum absolute atomic E-state index is 0. The van der Waals surface area contributed by atoms with Gasteiger partial charge in [0, 0.05) is 32.7 Å². The summed E-state index contributed by atoms with van der Waals surface area (Å²) in [5.74, 6) is 0. The van der Waals surface area contributed by atoms with Crippen LogP contribution in [0.4, 0.5) is 4.79 Å². The van der Waals surface area contributed by atoms with Crippen LogP contribution in [0, 0.1) is 0 Å². The summed E-state index contributed by atoms with van der Waals surface area (Å²) in [6, 6.07) is 0.619. The van der Waals surface area contributed by atoms with E-state index >= 15 is 0 Å². The Morgan fingerprint density at radius 2 is 2.00 bits per heavy atom. The number of piperidine rings is 1. The molecule has 0 aromatic heterocycles. The Labute approximate surface area is 104 Å². The van der Waals surface area contributed by atoms with Crippen LogP contribution in [-0.4, -0.2) is 55.1 Å². The second kappa shape index (κ2) is 6.30. The van der Waals surface area contributed by atoms with Crippen molar-refractivity contribution in [3.63, 3.8) is 0 Å². The van der Waals surface area contributed by atoms with Crippen LogP contribution in [0.3, 0.4) is 0 Å². The zero-order valence-corrected chi connectivity index (χ0v) is 10.8. The maximum atomic E-state index is 12.1. The molecule has 2 saturated heterocycles. The van der Waals surface area contributed by atoms with E-state index in [4.69, 9.17) is 0 Å². The van der Waals surface area contributed by atoms with Crippen LogP contribution in [0.5, 0.6) is 0 Å². The molecule has 2 aliphatic rings. The number of likely N-dealkylation sites (tertiary alicyclic amines) is 1. The van der Waals surface area contributed by atoms with Crippen LogP contribution in [0.15, 0.2) is 0 Å². The lowest BCUT2D eigenvalue weighted by Gasteiger charge is -2.34. The number of likely N-dealkylation sites (N-methyl/N-ethyl adjacent to an activating group) is 1. The minimum Gasteiger partial charge on any atom is -0.325 e. The fraction of sp³-hybridized carbons (Fsp3) is 0.909. The van der Waals surface area contributed by atoms with E-state index in [9.17, 15) is 4.79 Å². The Balaban J connectivity index is 0.00000128. The van der Waals surface area contributed by atoms with Crippen molar-refractivity contribution in [1.29, 1.82) is 0 Å². The Kier molecular flexibility index (Phi) is 5.35. The molecule has 0 aliphatic carbocycles. The van der Waals surface area contributed by atoms with E-state index < -0.39 is 0 Å². The highest BCUT2D eigenvalue weighted by atomic mass is 35.5. The number of halogens is 1. The Bertz CT molecular complexity index is 225. The fourth-order valence-electron chi connectivity index (χ4n) is 2.45. The van der Waals surface area contributed by atoms with E-state index in [-0.39, 0.29) is 18.4 Å². The molecule has 0 spiro atoms. The van der Waals surface area contributed by atoms with E-state index in [0.29, 0.717) is 6.04 Å². The first-order valence-electron chi connectivity index (χ1n) is 6.01. The minimum atomic E-state index is 0. The third-order valence-corrected chi connectivity index (χ3v) is 3.50. The van der Waals surface area contributed by atoms with Crippen LogP contribution in [0.2, 0.25) is 0 Å². The largest absolute Gasteiger partial charge is 0.325 e.